The molecule has 2 aromatic carbocycles. The minimum absolute atomic E-state index is 0.0115. The Morgan fingerprint density at radius 2 is 1.96 bits per heavy atom. The highest BCUT2D eigenvalue weighted by Crippen LogP contribution is 2.33. The predicted octanol–water partition coefficient (Wildman–Crippen LogP) is 3.74. The average Bonchev–Trinajstić information content (AvgIpc) is 2.62. The van der Waals surface area contributed by atoms with E-state index in [0.29, 0.717) is 36.2 Å². The molecule has 1 aliphatic rings. The van der Waals surface area contributed by atoms with Gasteiger partial charge in [0.05, 0.1) is 18.4 Å². The van der Waals surface area contributed by atoms with E-state index in [9.17, 15) is 18.4 Å². The van der Waals surface area contributed by atoms with E-state index in [2.05, 4.69) is 5.32 Å². The molecule has 1 fully saturated rings. The van der Waals surface area contributed by atoms with Crippen molar-refractivity contribution in [3.63, 3.8) is 0 Å². The average molecular weight is 360 g/mol. The van der Waals surface area contributed by atoms with Crippen molar-refractivity contribution in [1.82, 2.24) is 0 Å². The largest absolute Gasteiger partial charge is 0.495 e. The van der Waals surface area contributed by atoms with Gasteiger partial charge in [0.15, 0.2) is 0 Å². The van der Waals surface area contributed by atoms with Crippen LogP contribution < -0.4 is 15.0 Å². The second-order valence-electron chi connectivity index (χ2n) is 5.97. The lowest BCUT2D eigenvalue weighted by molar-refractivity contribution is -0.119. The number of halogens is 2. The Kier molecular flexibility index (Phi) is 5.16. The van der Waals surface area contributed by atoms with Crippen LogP contribution in [0.3, 0.4) is 0 Å². The summed E-state index contributed by atoms with van der Waals surface area (Å²) in [5.74, 6) is -1.91. The zero-order valence-electron chi connectivity index (χ0n) is 14.2. The Hall–Kier alpha value is -2.96. The summed E-state index contributed by atoms with van der Waals surface area (Å²) in [7, 11) is 1.50. The molecule has 1 aliphatic heterocycles. The number of carbonyl (C=O) groups is 2. The smallest absolute Gasteiger partial charge is 0.258 e. The van der Waals surface area contributed by atoms with E-state index in [4.69, 9.17) is 4.74 Å². The van der Waals surface area contributed by atoms with Crippen molar-refractivity contribution in [1.29, 1.82) is 0 Å². The molecule has 0 saturated carbocycles. The van der Waals surface area contributed by atoms with E-state index in [1.165, 1.54) is 7.11 Å². The number of carbonyl (C=O) groups excluding carboxylic acids is 2. The SMILES string of the molecule is COc1ccc(NC(=O)c2ccc(F)cc2F)cc1N1CCCCC1=O. The van der Waals surface area contributed by atoms with Crippen molar-refractivity contribution in [2.75, 3.05) is 23.9 Å². The van der Waals surface area contributed by atoms with Gasteiger partial charge in [0, 0.05) is 24.7 Å². The number of hydrogen-bond donors (Lipinski definition) is 1. The fraction of sp³-hybridized carbons (Fsp3) is 0.263. The summed E-state index contributed by atoms with van der Waals surface area (Å²) in [6.07, 6.45) is 2.19. The number of methoxy groups -OCH3 is 1. The third-order valence-electron chi connectivity index (χ3n) is 4.23. The normalized spacial score (nSPS) is 14.3. The van der Waals surface area contributed by atoms with Crippen molar-refractivity contribution in [2.45, 2.75) is 19.3 Å². The number of anilines is 2. The fourth-order valence-electron chi connectivity index (χ4n) is 2.91. The highest BCUT2D eigenvalue weighted by atomic mass is 19.1. The van der Waals surface area contributed by atoms with Crippen LogP contribution in [-0.2, 0) is 4.79 Å². The van der Waals surface area contributed by atoms with Crippen LogP contribution in [0.25, 0.3) is 0 Å². The monoisotopic (exact) mass is 360 g/mol. The standard InChI is InChI=1S/C19H18F2N2O3/c1-26-17-8-6-13(11-16(17)23-9-3-2-4-18(23)24)22-19(25)14-7-5-12(20)10-15(14)21/h5-8,10-11H,2-4,9H2,1H3,(H,22,25). The topological polar surface area (TPSA) is 58.6 Å². The Bertz CT molecular complexity index is 855. The summed E-state index contributed by atoms with van der Waals surface area (Å²) in [5.41, 5.74) is 0.667. The van der Waals surface area contributed by atoms with Crippen molar-refractivity contribution in [3.05, 3.63) is 53.6 Å². The van der Waals surface area contributed by atoms with E-state index in [1.807, 2.05) is 0 Å². The maximum absolute atomic E-state index is 13.8. The first-order valence-electron chi connectivity index (χ1n) is 8.24. The van der Waals surface area contributed by atoms with Gasteiger partial charge in [-0.05, 0) is 43.2 Å². The lowest BCUT2D eigenvalue weighted by Gasteiger charge is -2.28. The van der Waals surface area contributed by atoms with Crippen LogP contribution in [0.4, 0.5) is 20.2 Å². The quantitative estimate of drug-likeness (QED) is 0.904. The molecule has 1 saturated heterocycles. The molecule has 0 radical (unpaired) electrons. The van der Waals surface area contributed by atoms with Crippen LogP contribution in [0.5, 0.6) is 5.75 Å². The molecule has 0 bridgehead atoms. The molecule has 136 valence electrons. The highest BCUT2D eigenvalue weighted by molar-refractivity contribution is 6.05. The molecule has 0 spiro atoms. The second kappa shape index (κ2) is 7.51. The molecule has 1 heterocycles. The lowest BCUT2D eigenvalue weighted by atomic mass is 10.1. The summed E-state index contributed by atoms with van der Waals surface area (Å²) in [4.78, 5) is 26.1. The summed E-state index contributed by atoms with van der Waals surface area (Å²) < 4.78 is 32.1. The molecule has 26 heavy (non-hydrogen) atoms. The summed E-state index contributed by atoms with van der Waals surface area (Å²) in [6.45, 7) is 0.569. The van der Waals surface area contributed by atoms with Gasteiger partial charge >= 0.3 is 0 Å². The van der Waals surface area contributed by atoms with Crippen molar-refractivity contribution in [3.8, 4) is 5.75 Å². The van der Waals surface area contributed by atoms with Gasteiger partial charge in [-0.25, -0.2) is 8.78 Å². The van der Waals surface area contributed by atoms with Crippen molar-refractivity contribution in [2.24, 2.45) is 0 Å². The number of nitrogens with zero attached hydrogens (tertiary/aromatic N) is 1. The number of rotatable bonds is 4. The molecule has 2 amide bonds. The molecule has 3 rings (SSSR count). The molecule has 0 atom stereocenters. The number of ether oxygens (including phenoxy) is 1. The third-order valence-corrected chi connectivity index (χ3v) is 4.23. The van der Waals surface area contributed by atoms with Gasteiger partial charge < -0.3 is 15.0 Å². The van der Waals surface area contributed by atoms with Crippen molar-refractivity contribution >= 4 is 23.2 Å². The van der Waals surface area contributed by atoms with Gasteiger partial charge in [-0.1, -0.05) is 0 Å². The molecule has 7 heteroatoms. The predicted molar refractivity (Wildman–Crippen MR) is 93.5 cm³/mol. The molecule has 0 aliphatic carbocycles. The van der Waals surface area contributed by atoms with Crippen LogP contribution in [0, 0.1) is 11.6 Å². The highest BCUT2D eigenvalue weighted by Gasteiger charge is 2.23. The molecule has 0 unspecified atom stereocenters. The fourth-order valence-corrected chi connectivity index (χ4v) is 2.91. The van der Waals surface area contributed by atoms with Crippen LogP contribution in [-0.4, -0.2) is 25.5 Å². The summed E-state index contributed by atoms with van der Waals surface area (Å²) in [6, 6.07) is 7.59. The van der Waals surface area contributed by atoms with Crippen molar-refractivity contribution < 1.29 is 23.1 Å². The Morgan fingerprint density at radius 1 is 1.15 bits per heavy atom. The van der Waals surface area contributed by atoms with E-state index < -0.39 is 17.5 Å². The molecule has 0 aromatic heterocycles. The van der Waals surface area contributed by atoms with Gasteiger partial charge in [-0.3, -0.25) is 9.59 Å². The summed E-state index contributed by atoms with van der Waals surface area (Å²) in [5, 5.41) is 2.57. The minimum Gasteiger partial charge on any atom is -0.495 e. The maximum atomic E-state index is 13.8. The minimum atomic E-state index is -0.942. The molecule has 2 aromatic rings. The van der Waals surface area contributed by atoms with Gasteiger partial charge in [0.25, 0.3) is 5.91 Å². The molecule has 5 nitrogen and oxygen atoms in total. The number of nitrogens with one attached hydrogen (secondary N) is 1. The van der Waals surface area contributed by atoms with Crippen LogP contribution in [0.15, 0.2) is 36.4 Å². The number of amides is 2. The van der Waals surface area contributed by atoms with Crippen LogP contribution in [0.1, 0.15) is 29.6 Å². The molecule has 1 N–H and O–H groups in total. The van der Waals surface area contributed by atoms with Gasteiger partial charge in [0.2, 0.25) is 5.91 Å². The molecular formula is C19H18F2N2O3. The Labute approximate surface area is 149 Å². The number of piperidine rings is 1. The third kappa shape index (κ3) is 3.66. The van der Waals surface area contributed by atoms with Crippen LogP contribution in [0.2, 0.25) is 0 Å². The number of benzene rings is 2. The Morgan fingerprint density at radius 3 is 2.65 bits per heavy atom. The lowest BCUT2D eigenvalue weighted by Crippen LogP contribution is -2.35. The second-order valence-corrected chi connectivity index (χ2v) is 5.97. The maximum Gasteiger partial charge on any atom is 0.258 e. The van der Waals surface area contributed by atoms with Gasteiger partial charge in [0.1, 0.15) is 17.4 Å². The van der Waals surface area contributed by atoms with E-state index in [0.717, 1.165) is 25.0 Å². The van der Waals surface area contributed by atoms with Gasteiger partial charge in [-0.2, -0.15) is 0 Å². The number of hydrogen-bond acceptors (Lipinski definition) is 3. The van der Waals surface area contributed by atoms with E-state index in [-0.39, 0.29) is 11.5 Å². The summed E-state index contributed by atoms with van der Waals surface area (Å²) >= 11 is 0. The van der Waals surface area contributed by atoms with E-state index >= 15 is 0 Å². The zero-order chi connectivity index (χ0) is 18.7. The van der Waals surface area contributed by atoms with Gasteiger partial charge in [-0.15, -0.1) is 0 Å². The Balaban J connectivity index is 1.87. The molecular weight excluding hydrogens is 342 g/mol. The zero-order valence-corrected chi connectivity index (χ0v) is 14.2. The van der Waals surface area contributed by atoms with E-state index in [1.54, 1.807) is 23.1 Å². The first kappa shape index (κ1) is 17.8. The van der Waals surface area contributed by atoms with Crippen LogP contribution >= 0.6 is 0 Å². The first-order chi connectivity index (χ1) is 12.5. The first-order valence-corrected chi connectivity index (χ1v) is 8.24.